The van der Waals surface area contributed by atoms with Crippen molar-refractivity contribution in [1.29, 1.82) is 0 Å². The Morgan fingerprint density at radius 3 is 2.91 bits per heavy atom. The first-order valence-electron chi connectivity index (χ1n) is 6.65. The lowest BCUT2D eigenvalue weighted by atomic mass is 10.2. The van der Waals surface area contributed by atoms with Crippen LogP contribution in [0.3, 0.4) is 0 Å². The van der Waals surface area contributed by atoms with Crippen molar-refractivity contribution in [2.75, 3.05) is 16.8 Å². The maximum absolute atomic E-state index is 12.7. The Morgan fingerprint density at radius 2 is 2.18 bits per heavy atom. The summed E-state index contributed by atoms with van der Waals surface area (Å²) in [5.41, 5.74) is 1.35. The summed E-state index contributed by atoms with van der Waals surface area (Å²) in [5, 5.41) is 14.0. The van der Waals surface area contributed by atoms with E-state index < -0.39 is 5.25 Å². The lowest BCUT2D eigenvalue weighted by molar-refractivity contribution is -0.121. The number of nitrogens with zero attached hydrogens (tertiary/aromatic N) is 5. The molecular formula is C13H14N6O2S. The van der Waals surface area contributed by atoms with Gasteiger partial charge in [-0.25, -0.2) is 4.68 Å². The van der Waals surface area contributed by atoms with Crippen molar-refractivity contribution in [3.8, 4) is 0 Å². The molecule has 1 aliphatic heterocycles. The van der Waals surface area contributed by atoms with Crippen LogP contribution in [0.25, 0.3) is 0 Å². The molecule has 0 radical (unpaired) electrons. The molecule has 1 aromatic heterocycles. The van der Waals surface area contributed by atoms with Gasteiger partial charge in [-0.1, -0.05) is 23.9 Å². The van der Waals surface area contributed by atoms with Crippen molar-refractivity contribution in [3.05, 3.63) is 24.3 Å². The van der Waals surface area contributed by atoms with Crippen LogP contribution in [0.5, 0.6) is 0 Å². The number of benzene rings is 1. The Hall–Kier alpha value is -2.42. The zero-order chi connectivity index (χ0) is 15.7. The molecule has 1 aliphatic rings. The van der Waals surface area contributed by atoms with Crippen molar-refractivity contribution in [3.63, 3.8) is 0 Å². The van der Waals surface area contributed by atoms with Gasteiger partial charge in [0.25, 0.3) is 0 Å². The quantitative estimate of drug-likeness (QED) is 0.836. The molecule has 0 unspecified atom stereocenters. The zero-order valence-corrected chi connectivity index (χ0v) is 12.9. The van der Waals surface area contributed by atoms with E-state index in [2.05, 4.69) is 20.8 Å². The van der Waals surface area contributed by atoms with Gasteiger partial charge in [0, 0.05) is 7.05 Å². The number of hydrogen-bond donors (Lipinski definition) is 1. The first-order chi connectivity index (χ1) is 10.6. The van der Waals surface area contributed by atoms with E-state index in [1.165, 1.54) is 21.3 Å². The molecule has 22 heavy (non-hydrogen) atoms. The van der Waals surface area contributed by atoms with E-state index in [1.807, 2.05) is 18.2 Å². The maximum Gasteiger partial charge on any atom is 0.244 e. The summed E-state index contributed by atoms with van der Waals surface area (Å²) in [6, 6.07) is 7.24. The molecule has 8 nitrogen and oxygen atoms in total. The molecule has 9 heteroatoms. The fourth-order valence-electron chi connectivity index (χ4n) is 2.18. The summed E-state index contributed by atoms with van der Waals surface area (Å²) in [6.45, 7) is 1.79. The molecule has 1 aromatic carbocycles. The largest absolute Gasteiger partial charge is 0.323 e. The third-order valence-corrected chi connectivity index (χ3v) is 4.36. The van der Waals surface area contributed by atoms with Crippen molar-refractivity contribution < 1.29 is 9.59 Å². The average molecular weight is 318 g/mol. The first-order valence-corrected chi connectivity index (χ1v) is 7.53. The Bertz CT molecular complexity index is 731. The van der Waals surface area contributed by atoms with Crippen LogP contribution in [0.4, 0.5) is 11.4 Å². The number of rotatable bonds is 3. The molecule has 2 aromatic rings. The van der Waals surface area contributed by atoms with Gasteiger partial charge in [-0.3, -0.25) is 14.5 Å². The first kappa shape index (κ1) is 14.5. The molecule has 0 aliphatic carbocycles. The number of aryl methyl sites for hydroxylation is 1. The second kappa shape index (κ2) is 5.76. The van der Waals surface area contributed by atoms with Crippen LogP contribution >= 0.6 is 11.8 Å². The van der Waals surface area contributed by atoms with Crippen molar-refractivity contribution in [1.82, 2.24) is 20.2 Å². The van der Waals surface area contributed by atoms with Crippen molar-refractivity contribution in [2.24, 2.45) is 7.05 Å². The summed E-state index contributed by atoms with van der Waals surface area (Å²) in [6.07, 6.45) is 0. The van der Waals surface area contributed by atoms with Crippen LogP contribution in [0.15, 0.2) is 29.4 Å². The van der Waals surface area contributed by atoms with Crippen molar-refractivity contribution in [2.45, 2.75) is 17.3 Å². The van der Waals surface area contributed by atoms with Gasteiger partial charge < -0.3 is 5.32 Å². The monoisotopic (exact) mass is 318 g/mol. The highest BCUT2D eigenvalue weighted by atomic mass is 32.2. The predicted octanol–water partition coefficient (Wildman–Crippen LogP) is 0.676. The highest BCUT2D eigenvalue weighted by molar-refractivity contribution is 8.00. The summed E-state index contributed by atoms with van der Waals surface area (Å²) in [5.74, 6) is -0.361. The molecule has 2 amide bonds. The van der Waals surface area contributed by atoms with Crippen LogP contribution in [0, 0.1) is 0 Å². The highest BCUT2D eigenvalue weighted by Crippen LogP contribution is 2.31. The second-order valence-corrected chi connectivity index (χ2v) is 6.14. The van der Waals surface area contributed by atoms with Crippen LogP contribution in [-0.2, 0) is 16.6 Å². The average Bonchev–Trinajstić information content (AvgIpc) is 2.90. The summed E-state index contributed by atoms with van der Waals surface area (Å²) in [4.78, 5) is 26.0. The van der Waals surface area contributed by atoms with Gasteiger partial charge in [0.05, 0.1) is 16.6 Å². The fraction of sp³-hybridized carbons (Fsp3) is 0.308. The van der Waals surface area contributed by atoms with E-state index in [4.69, 9.17) is 0 Å². The number of hydrogen-bond acceptors (Lipinski definition) is 6. The normalized spacial score (nSPS) is 15.2. The molecule has 3 rings (SSSR count). The van der Waals surface area contributed by atoms with E-state index in [9.17, 15) is 9.59 Å². The summed E-state index contributed by atoms with van der Waals surface area (Å²) >= 11 is 1.26. The minimum Gasteiger partial charge on any atom is -0.323 e. The Kier molecular flexibility index (Phi) is 3.80. The van der Waals surface area contributed by atoms with E-state index in [-0.39, 0.29) is 18.4 Å². The molecule has 0 fully saturated rings. The fourth-order valence-corrected chi connectivity index (χ4v) is 3.00. The molecule has 2 heterocycles. The number of para-hydroxylation sites is 2. The van der Waals surface area contributed by atoms with Gasteiger partial charge in [-0.15, -0.1) is 5.10 Å². The molecule has 114 valence electrons. The summed E-state index contributed by atoms with van der Waals surface area (Å²) < 4.78 is 1.51. The SMILES string of the molecule is C[C@@H](Sc1nnnn1C)C(=O)N1CC(=O)Nc2ccccc21. The minimum absolute atomic E-state index is 0.0117. The molecule has 0 spiro atoms. The van der Waals surface area contributed by atoms with Crippen molar-refractivity contribution >= 4 is 35.0 Å². The number of tetrazole rings is 1. The van der Waals surface area contributed by atoms with Crippen LogP contribution in [0.2, 0.25) is 0 Å². The molecule has 1 atom stereocenters. The van der Waals surface area contributed by atoms with E-state index in [0.29, 0.717) is 16.5 Å². The van der Waals surface area contributed by atoms with Gasteiger partial charge in [-0.05, 0) is 29.5 Å². The van der Waals surface area contributed by atoms with Crippen LogP contribution in [-0.4, -0.2) is 43.8 Å². The third-order valence-electron chi connectivity index (χ3n) is 3.25. The lowest BCUT2D eigenvalue weighted by Gasteiger charge is -2.30. The van der Waals surface area contributed by atoms with Crippen LogP contribution in [0.1, 0.15) is 6.92 Å². The maximum atomic E-state index is 12.7. The number of amides is 2. The Balaban J connectivity index is 1.83. The number of thioether (sulfide) groups is 1. The van der Waals surface area contributed by atoms with Crippen LogP contribution < -0.4 is 10.2 Å². The topological polar surface area (TPSA) is 93.0 Å². The number of fused-ring (bicyclic) bond motifs is 1. The van der Waals surface area contributed by atoms with Gasteiger partial charge in [0.15, 0.2) is 0 Å². The molecular weight excluding hydrogens is 304 g/mol. The number of carbonyl (C=O) groups excluding carboxylic acids is 2. The molecule has 0 saturated heterocycles. The van der Waals surface area contributed by atoms with E-state index in [1.54, 1.807) is 20.0 Å². The minimum atomic E-state index is -0.413. The predicted molar refractivity (Wildman–Crippen MR) is 81.5 cm³/mol. The standard InChI is InChI=1S/C13H14N6O2S/c1-8(22-13-15-16-17-18(13)2)12(21)19-7-11(20)14-9-5-3-4-6-10(9)19/h3-6,8H,7H2,1-2H3,(H,14,20)/t8-/m1/s1. The Morgan fingerprint density at radius 1 is 1.41 bits per heavy atom. The number of aromatic nitrogens is 4. The molecule has 0 bridgehead atoms. The molecule has 0 saturated carbocycles. The van der Waals surface area contributed by atoms with E-state index >= 15 is 0 Å². The summed E-state index contributed by atoms with van der Waals surface area (Å²) in [7, 11) is 1.71. The smallest absolute Gasteiger partial charge is 0.244 e. The third kappa shape index (κ3) is 2.67. The van der Waals surface area contributed by atoms with Gasteiger partial charge >= 0.3 is 0 Å². The second-order valence-electron chi connectivity index (χ2n) is 4.83. The number of carbonyl (C=O) groups is 2. The van der Waals surface area contributed by atoms with Gasteiger partial charge in [-0.2, -0.15) is 0 Å². The number of nitrogens with one attached hydrogen (secondary N) is 1. The highest BCUT2D eigenvalue weighted by Gasteiger charge is 2.30. The Labute approximate surface area is 130 Å². The lowest BCUT2D eigenvalue weighted by Crippen LogP contribution is -2.45. The molecule has 1 N–H and O–H groups in total. The van der Waals surface area contributed by atoms with Gasteiger partial charge in [0.1, 0.15) is 6.54 Å². The van der Waals surface area contributed by atoms with Gasteiger partial charge in [0.2, 0.25) is 17.0 Å². The van der Waals surface area contributed by atoms with E-state index in [0.717, 1.165) is 0 Å². The zero-order valence-electron chi connectivity index (χ0n) is 12.1. The number of anilines is 2.